The zero-order valence-electron chi connectivity index (χ0n) is 16.5. The molecule has 0 radical (unpaired) electrons. The lowest BCUT2D eigenvalue weighted by atomic mass is 10.0. The molecule has 0 spiro atoms. The molecule has 27 heavy (non-hydrogen) atoms. The third-order valence-corrected chi connectivity index (χ3v) is 5.02. The Morgan fingerprint density at radius 3 is 2.85 bits per heavy atom. The second kappa shape index (κ2) is 10.3. The van der Waals surface area contributed by atoms with Crippen LogP contribution in [0.5, 0.6) is 17.2 Å². The molecule has 1 heterocycles. The summed E-state index contributed by atoms with van der Waals surface area (Å²) in [6, 6.07) is 1.91. The molecule has 1 aromatic carbocycles. The molecule has 6 nitrogen and oxygen atoms in total. The first kappa shape index (κ1) is 21.3. The zero-order chi connectivity index (χ0) is 19.8. The van der Waals surface area contributed by atoms with Gasteiger partial charge in [0.05, 0.1) is 20.4 Å². The number of nitrogens with zero attached hydrogens (tertiary/aromatic N) is 1. The number of hydrogen-bond donors (Lipinski definition) is 2. The number of benzene rings is 1. The molecular formula is C20H31FN2O4. The summed E-state index contributed by atoms with van der Waals surface area (Å²) in [5.74, 6) is 0.0192. The highest BCUT2D eigenvalue weighted by atomic mass is 19.1. The molecule has 1 saturated heterocycles. The molecule has 7 heteroatoms. The van der Waals surface area contributed by atoms with Crippen LogP contribution in [0.2, 0.25) is 0 Å². The number of phenolic OH excluding ortho intramolecular Hbond substituents is 1. The van der Waals surface area contributed by atoms with E-state index in [0.717, 1.165) is 25.9 Å². The molecule has 0 saturated carbocycles. The van der Waals surface area contributed by atoms with Crippen molar-refractivity contribution in [2.24, 2.45) is 0 Å². The van der Waals surface area contributed by atoms with Crippen molar-refractivity contribution < 1.29 is 23.8 Å². The molecule has 0 aliphatic carbocycles. The number of carbonyl (C=O) groups excluding carboxylic acids is 1. The minimum absolute atomic E-state index is 0.0612. The van der Waals surface area contributed by atoms with E-state index in [1.54, 1.807) is 13.0 Å². The topological polar surface area (TPSA) is 71.0 Å². The fraction of sp³-hybridized carbons (Fsp3) is 0.650. The van der Waals surface area contributed by atoms with Crippen LogP contribution in [0.4, 0.5) is 4.39 Å². The number of aromatic hydroxyl groups is 1. The zero-order valence-corrected chi connectivity index (χ0v) is 16.5. The number of likely N-dealkylation sites (tertiary alicyclic amines) is 1. The summed E-state index contributed by atoms with van der Waals surface area (Å²) in [6.45, 7) is 6.23. The number of ether oxygens (including phenoxy) is 2. The summed E-state index contributed by atoms with van der Waals surface area (Å²) in [5, 5.41) is 13.6. The molecular weight excluding hydrogens is 351 g/mol. The molecule has 1 aromatic rings. The van der Waals surface area contributed by atoms with E-state index in [1.165, 1.54) is 7.11 Å². The van der Waals surface area contributed by atoms with Crippen LogP contribution >= 0.6 is 0 Å². The first-order valence-electron chi connectivity index (χ1n) is 9.71. The summed E-state index contributed by atoms with van der Waals surface area (Å²) in [6.07, 6.45) is 2.74. The monoisotopic (exact) mass is 382 g/mol. The minimum Gasteiger partial charge on any atom is -0.507 e. The number of likely N-dealkylation sites (N-methyl/N-ethyl adjacent to an activating group) is 1. The van der Waals surface area contributed by atoms with Crippen molar-refractivity contribution in [3.63, 3.8) is 0 Å². The number of methoxy groups -OCH3 is 1. The number of carbonyl (C=O) groups is 1. The van der Waals surface area contributed by atoms with E-state index in [0.29, 0.717) is 36.9 Å². The highest BCUT2D eigenvalue weighted by Crippen LogP contribution is 2.40. The maximum atomic E-state index is 12.9. The highest BCUT2D eigenvalue weighted by molar-refractivity contribution is 6.01. The maximum absolute atomic E-state index is 12.9. The molecule has 1 aliphatic heterocycles. The van der Waals surface area contributed by atoms with E-state index in [2.05, 4.69) is 17.1 Å². The van der Waals surface area contributed by atoms with Crippen LogP contribution in [-0.4, -0.2) is 62.0 Å². The van der Waals surface area contributed by atoms with Gasteiger partial charge in [-0.1, -0.05) is 6.92 Å². The van der Waals surface area contributed by atoms with E-state index >= 15 is 0 Å². The fourth-order valence-electron chi connectivity index (χ4n) is 3.62. The summed E-state index contributed by atoms with van der Waals surface area (Å²) in [7, 11) is 1.48. The second-order valence-electron chi connectivity index (χ2n) is 6.65. The Labute approximate surface area is 160 Å². The van der Waals surface area contributed by atoms with E-state index in [4.69, 9.17) is 9.47 Å². The Morgan fingerprint density at radius 1 is 1.44 bits per heavy atom. The molecule has 1 unspecified atom stereocenters. The molecule has 152 valence electrons. The van der Waals surface area contributed by atoms with Crippen molar-refractivity contribution in [3.05, 3.63) is 17.2 Å². The number of alkyl halides is 1. The van der Waals surface area contributed by atoms with Crippen LogP contribution in [0.15, 0.2) is 6.07 Å². The first-order valence-corrected chi connectivity index (χ1v) is 9.71. The van der Waals surface area contributed by atoms with Gasteiger partial charge in [-0.05, 0) is 57.3 Å². The Bertz CT molecular complexity index is 639. The van der Waals surface area contributed by atoms with Gasteiger partial charge in [0.2, 0.25) is 0 Å². The van der Waals surface area contributed by atoms with Crippen molar-refractivity contribution in [3.8, 4) is 17.2 Å². The van der Waals surface area contributed by atoms with Gasteiger partial charge in [0.1, 0.15) is 11.3 Å². The predicted molar refractivity (Wildman–Crippen MR) is 103 cm³/mol. The largest absolute Gasteiger partial charge is 0.507 e. The van der Waals surface area contributed by atoms with Crippen LogP contribution < -0.4 is 14.8 Å². The number of halogens is 1. The van der Waals surface area contributed by atoms with Crippen molar-refractivity contribution in [2.45, 2.75) is 45.6 Å². The van der Waals surface area contributed by atoms with E-state index in [9.17, 15) is 14.3 Å². The molecule has 0 bridgehead atoms. The number of phenols is 1. The van der Waals surface area contributed by atoms with Crippen LogP contribution in [0.25, 0.3) is 0 Å². The van der Waals surface area contributed by atoms with Gasteiger partial charge in [-0.25, -0.2) is 0 Å². The molecule has 1 atom stereocenters. The lowest BCUT2D eigenvalue weighted by Crippen LogP contribution is -2.40. The Hall–Kier alpha value is -2.02. The fourth-order valence-corrected chi connectivity index (χ4v) is 3.62. The van der Waals surface area contributed by atoms with Crippen LogP contribution in [0, 0.1) is 0 Å². The van der Waals surface area contributed by atoms with Gasteiger partial charge in [-0.15, -0.1) is 0 Å². The molecule has 1 aliphatic rings. The molecule has 1 amide bonds. The normalized spacial score (nSPS) is 17.1. The lowest BCUT2D eigenvalue weighted by Gasteiger charge is -2.23. The third-order valence-electron chi connectivity index (χ3n) is 5.02. The summed E-state index contributed by atoms with van der Waals surface area (Å²) in [4.78, 5) is 15.2. The quantitative estimate of drug-likeness (QED) is 0.651. The molecule has 1 fully saturated rings. The van der Waals surface area contributed by atoms with Crippen molar-refractivity contribution in [1.82, 2.24) is 10.2 Å². The van der Waals surface area contributed by atoms with E-state index < -0.39 is 12.6 Å². The van der Waals surface area contributed by atoms with Gasteiger partial charge in [-0.3, -0.25) is 14.1 Å². The number of aryl methyl sites for hydroxylation is 1. The second-order valence-corrected chi connectivity index (χ2v) is 6.65. The standard InChI is InChI=1S/C20H31FN2O4/c1-4-23-11-7-9-15(23)13-22-20(25)17-18(24)14(8-6-10-21)12-16(26-3)19(17)27-5-2/h12,15,24H,4-11,13H2,1-3H3,(H,22,25). The Morgan fingerprint density at radius 2 is 2.22 bits per heavy atom. The van der Waals surface area contributed by atoms with Gasteiger partial charge < -0.3 is 19.9 Å². The van der Waals surface area contributed by atoms with Gasteiger partial charge in [0.15, 0.2) is 11.5 Å². The number of hydrogen-bond acceptors (Lipinski definition) is 5. The van der Waals surface area contributed by atoms with Gasteiger partial charge >= 0.3 is 0 Å². The van der Waals surface area contributed by atoms with Crippen LogP contribution in [0.1, 0.15) is 49.0 Å². The van der Waals surface area contributed by atoms with Gasteiger partial charge in [0, 0.05) is 12.6 Å². The lowest BCUT2D eigenvalue weighted by molar-refractivity contribution is 0.0933. The van der Waals surface area contributed by atoms with Crippen LogP contribution in [-0.2, 0) is 6.42 Å². The van der Waals surface area contributed by atoms with Gasteiger partial charge in [0.25, 0.3) is 5.91 Å². The first-order chi connectivity index (χ1) is 13.1. The maximum Gasteiger partial charge on any atom is 0.259 e. The smallest absolute Gasteiger partial charge is 0.259 e. The van der Waals surface area contributed by atoms with Crippen molar-refractivity contribution >= 4 is 5.91 Å². The number of rotatable bonds is 10. The van der Waals surface area contributed by atoms with Crippen LogP contribution in [0.3, 0.4) is 0 Å². The van der Waals surface area contributed by atoms with Crippen molar-refractivity contribution in [2.75, 3.05) is 40.0 Å². The molecule has 2 rings (SSSR count). The molecule has 0 aromatic heterocycles. The average molecular weight is 382 g/mol. The third kappa shape index (κ3) is 5.03. The minimum atomic E-state index is -0.495. The van der Waals surface area contributed by atoms with Crippen molar-refractivity contribution in [1.29, 1.82) is 0 Å². The summed E-state index contributed by atoms with van der Waals surface area (Å²) >= 11 is 0. The average Bonchev–Trinajstić information content (AvgIpc) is 3.13. The Kier molecular flexibility index (Phi) is 8.16. The predicted octanol–water partition coefficient (Wildman–Crippen LogP) is 2.92. The van der Waals surface area contributed by atoms with E-state index in [-0.39, 0.29) is 23.5 Å². The number of amides is 1. The SMILES string of the molecule is CCOc1c(OC)cc(CCCF)c(O)c1C(=O)NCC1CCCN1CC. The van der Waals surface area contributed by atoms with E-state index in [1.807, 2.05) is 0 Å². The number of nitrogens with one attached hydrogen (secondary N) is 1. The van der Waals surface area contributed by atoms with Gasteiger partial charge in [-0.2, -0.15) is 0 Å². The highest BCUT2D eigenvalue weighted by Gasteiger charge is 2.27. The summed E-state index contributed by atoms with van der Waals surface area (Å²) in [5.41, 5.74) is 0.542. The Balaban J connectivity index is 2.28. The summed E-state index contributed by atoms with van der Waals surface area (Å²) < 4.78 is 23.6. The molecule has 2 N–H and O–H groups in total.